The monoisotopic (exact) mass is 303 g/mol. The second kappa shape index (κ2) is 5.53. The number of amides is 1. The quantitative estimate of drug-likeness (QED) is 0.796. The van der Waals surface area contributed by atoms with Gasteiger partial charge in [-0.15, -0.1) is 11.3 Å². The number of rotatable bonds is 4. The first kappa shape index (κ1) is 13.6. The van der Waals surface area contributed by atoms with Crippen molar-refractivity contribution >= 4 is 28.9 Å². The van der Waals surface area contributed by atoms with E-state index in [4.69, 9.17) is 5.11 Å². The van der Waals surface area contributed by atoms with Gasteiger partial charge in [0, 0.05) is 17.5 Å². The molecule has 1 aromatic carbocycles. The van der Waals surface area contributed by atoms with Crippen LogP contribution in [0.15, 0.2) is 29.6 Å². The van der Waals surface area contributed by atoms with Crippen molar-refractivity contribution in [1.29, 1.82) is 0 Å². The summed E-state index contributed by atoms with van der Waals surface area (Å²) in [5, 5.41) is 16.8. The van der Waals surface area contributed by atoms with Crippen LogP contribution in [0.5, 0.6) is 0 Å². The molecule has 0 fully saturated rings. The topological polar surface area (TPSA) is 91.3 Å². The number of anilines is 1. The number of carbonyl (C=O) groups is 2. The van der Waals surface area contributed by atoms with E-state index in [0.29, 0.717) is 11.4 Å². The summed E-state index contributed by atoms with van der Waals surface area (Å²) in [5.74, 6) is -1.17. The zero-order valence-electron chi connectivity index (χ0n) is 11.0. The number of hydrogen-bond donors (Lipinski definition) is 3. The summed E-state index contributed by atoms with van der Waals surface area (Å²) in [6.07, 6.45) is 0.653. The van der Waals surface area contributed by atoms with E-state index in [0.717, 1.165) is 11.3 Å². The number of para-hydroxylation sites is 1. The molecular formula is C14H13N3O3S. The average Bonchev–Trinajstić information content (AvgIpc) is 3.11. The van der Waals surface area contributed by atoms with Crippen molar-refractivity contribution in [3.8, 4) is 0 Å². The van der Waals surface area contributed by atoms with Gasteiger partial charge in [-0.3, -0.25) is 4.79 Å². The van der Waals surface area contributed by atoms with E-state index in [-0.39, 0.29) is 24.2 Å². The van der Waals surface area contributed by atoms with Crippen LogP contribution in [0.4, 0.5) is 5.69 Å². The number of nitrogens with one attached hydrogen (secondary N) is 2. The first-order valence-corrected chi connectivity index (χ1v) is 7.31. The standard InChI is InChI=1S/C14H13N3O3S/c18-13(10-5-8-3-1-2-4-9(8)16-10)15-6-12-17-11(7-21-12)14(19)20/h1-4,7,10,16H,5-6H2,(H,15,18)(H,19,20). The van der Waals surface area contributed by atoms with Crippen LogP contribution in [0.1, 0.15) is 21.1 Å². The fourth-order valence-corrected chi connectivity index (χ4v) is 2.94. The predicted octanol–water partition coefficient (Wildman–Crippen LogP) is 1.49. The molecule has 6 nitrogen and oxygen atoms in total. The van der Waals surface area contributed by atoms with Gasteiger partial charge in [0.05, 0.1) is 6.54 Å². The smallest absolute Gasteiger partial charge is 0.355 e. The van der Waals surface area contributed by atoms with Crippen LogP contribution in [0.3, 0.4) is 0 Å². The fourth-order valence-electron chi connectivity index (χ4n) is 2.23. The van der Waals surface area contributed by atoms with E-state index in [2.05, 4.69) is 15.6 Å². The average molecular weight is 303 g/mol. The fraction of sp³-hybridized carbons (Fsp3) is 0.214. The second-order valence-corrected chi connectivity index (χ2v) is 5.65. The van der Waals surface area contributed by atoms with Gasteiger partial charge in [0.25, 0.3) is 0 Å². The Kier molecular flexibility index (Phi) is 3.57. The molecule has 1 atom stereocenters. The summed E-state index contributed by atoms with van der Waals surface area (Å²) < 4.78 is 0. The van der Waals surface area contributed by atoms with E-state index in [9.17, 15) is 9.59 Å². The van der Waals surface area contributed by atoms with Gasteiger partial charge < -0.3 is 15.7 Å². The molecule has 0 bridgehead atoms. The molecule has 1 amide bonds. The number of benzene rings is 1. The lowest BCUT2D eigenvalue weighted by Crippen LogP contribution is -2.38. The minimum Gasteiger partial charge on any atom is -0.476 e. The van der Waals surface area contributed by atoms with E-state index in [1.165, 1.54) is 16.7 Å². The first-order chi connectivity index (χ1) is 10.1. The van der Waals surface area contributed by atoms with Crippen LogP contribution in [-0.4, -0.2) is 28.0 Å². The molecule has 2 heterocycles. The zero-order chi connectivity index (χ0) is 14.8. The molecule has 0 aliphatic carbocycles. The lowest BCUT2D eigenvalue weighted by Gasteiger charge is -2.10. The molecule has 108 valence electrons. The summed E-state index contributed by atoms with van der Waals surface area (Å²) in [5.41, 5.74) is 2.12. The normalized spacial score (nSPS) is 16.1. The number of carboxylic acid groups (broad SMARTS) is 1. The largest absolute Gasteiger partial charge is 0.476 e. The Morgan fingerprint density at radius 2 is 2.24 bits per heavy atom. The molecule has 0 radical (unpaired) electrons. The maximum atomic E-state index is 12.1. The predicted molar refractivity (Wildman–Crippen MR) is 78.5 cm³/mol. The molecule has 21 heavy (non-hydrogen) atoms. The van der Waals surface area contributed by atoms with Gasteiger partial charge in [0.15, 0.2) is 5.69 Å². The molecule has 0 saturated carbocycles. The van der Waals surface area contributed by atoms with Crippen molar-refractivity contribution in [3.05, 3.63) is 45.9 Å². The number of hydrogen-bond acceptors (Lipinski definition) is 5. The number of carbonyl (C=O) groups excluding carboxylic acids is 1. The van der Waals surface area contributed by atoms with Crippen LogP contribution in [0, 0.1) is 0 Å². The summed E-state index contributed by atoms with van der Waals surface area (Å²) >= 11 is 1.22. The SMILES string of the molecule is O=C(O)c1csc(CNC(=O)C2Cc3ccccc3N2)n1. The number of aromatic nitrogens is 1. The number of fused-ring (bicyclic) bond motifs is 1. The minimum atomic E-state index is -1.06. The molecule has 7 heteroatoms. The maximum absolute atomic E-state index is 12.1. The van der Waals surface area contributed by atoms with Crippen molar-refractivity contribution in [2.75, 3.05) is 5.32 Å². The molecule has 2 aromatic rings. The van der Waals surface area contributed by atoms with Gasteiger partial charge in [-0.2, -0.15) is 0 Å². The maximum Gasteiger partial charge on any atom is 0.355 e. The Bertz CT molecular complexity index is 673. The molecule has 1 aliphatic heterocycles. The van der Waals surface area contributed by atoms with Crippen LogP contribution < -0.4 is 10.6 Å². The molecule has 1 aliphatic rings. The Morgan fingerprint density at radius 3 is 2.95 bits per heavy atom. The van der Waals surface area contributed by atoms with E-state index in [1.54, 1.807) is 0 Å². The third kappa shape index (κ3) is 2.87. The molecule has 1 aromatic heterocycles. The zero-order valence-corrected chi connectivity index (χ0v) is 11.8. The number of aromatic carboxylic acids is 1. The number of carboxylic acids is 1. The van der Waals surface area contributed by atoms with Crippen molar-refractivity contribution in [1.82, 2.24) is 10.3 Å². The van der Waals surface area contributed by atoms with Gasteiger partial charge in [-0.1, -0.05) is 18.2 Å². The highest BCUT2D eigenvalue weighted by atomic mass is 32.1. The van der Waals surface area contributed by atoms with Crippen molar-refractivity contribution in [2.45, 2.75) is 19.0 Å². The van der Waals surface area contributed by atoms with Crippen molar-refractivity contribution in [2.24, 2.45) is 0 Å². The highest BCUT2D eigenvalue weighted by molar-refractivity contribution is 7.09. The van der Waals surface area contributed by atoms with Gasteiger partial charge in [0.2, 0.25) is 5.91 Å². The number of nitrogens with zero attached hydrogens (tertiary/aromatic N) is 1. The summed E-state index contributed by atoms with van der Waals surface area (Å²) in [6.45, 7) is 0.241. The van der Waals surface area contributed by atoms with E-state index < -0.39 is 5.97 Å². The van der Waals surface area contributed by atoms with Crippen molar-refractivity contribution < 1.29 is 14.7 Å². The van der Waals surface area contributed by atoms with E-state index >= 15 is 0 Å². The Balaban J connectivity index is 1.57. The molecule has 0 saturated heterocycles. The minimum absolute atomic E-state index is 0.00986. The molecule has 3 rings (SSSR count). The highest BCUT2D eigenvalue weighted by Crippen LogP contribution is 2.25. The summed E-state index contributed by atoms with van der Waals surface area (Å²) in [7, 11) is 0. The molecule has 3 N–H and O–H groups in total. The first-order valence-electron chi connectivity index (χ1n) is 6.43. The van der Waals surface area contributed by atoms with E-state index in [1.807, 2.05) is 24.3 Å². The summed E-state index contributed by atoms with van der Waals surface area (Å²) in [6, 6.07) is 7.53. The third-order valence-corrected chi connectivity index (χ3v) is 4.12. The Morgan fingerprint density at radius 1 is 1.43 bits per heavy atom. The van der Waals surface area contributed by atoms with Gasteiger partial charge in [-0.05, 0) is 11.6 Å². The van der Waals surface area contributed by atoms with Crippen LogP contribution in [-0.2, 0) is 17.8 Å². The van der Waals surface area contributed by atoms with Crippen LogP contribution in [0.2, 0.25) is 0 Å². The molecule has 0 spiro atoms. The number of thiazole rings is 1. The second-order valence-electron chi connectivity index (χ2n) is 4.71. The van der Waals surface area contributed by atoms with Crippen LogP contribution in [0.25, 0.3) is 0 Å². The van der Waals surface area contributed by atoms with Gasteiger partial charge >= 0.3 is 5.97 Å². The Labute approximate surface area is 124 Å². The lowest BCUT2D eigenvalue weighted by atomic mass is 10.1. The van der Waals surface area contributed by atoms with Crippen molar-refractivity contribution in [3.63, 3.8) is 0 Å². The van der Waals surface area contributed by atoms with Gasteiger partial charge in [0.1, 0.15) is 11.0 Å². The highest BCUT2D eigenvalue weighted by Gasteiger charge is 2.26. The molecule has 1 unspecified atom stereocenters. The Hall–Kier alpha value is -2.41. The third-order valence-electron chi connectivity index (χ3n) is 3.27. The molecular weight excluding hydrogens is 290 g/mol. The lowest BCUT2D eigenvalue weighted by molar-refractivity contribution is -0.121. The van der Waals surface area contributed by atoms with Gasteiger partial charge in [-0.25, -0.2) is 9.78 Å². The summed E-state index contributed by atoms with van der Waals surface area (Å²) in [4.78, 5) is 26.8. The van der Waals surface area contributed by atoms with Crippen LogP contribution >= 0.6 is 11.3 Å².